The molecule has 1 aromatic carbocycles. The third kappa shape index (κ3) is 7.01. The van der Waals surface area contributed by atoms with Gasteiger partial charge in [-0.2, -0.15) is 0 Å². The van der Waals surface area contributed by atoms with Crippen molar-refractivity contribution in [2.24, 2.45) is 4.99 Å². The molecule has 3 heterocycles. The number of hydrogen-bond donors (Lipinski definition) is 1. The Bertz CT molecular complexity index is 1030. The van der Waals surface area contributed by atoms with Crippen LogP contribution in [0.25, 0.3) is 0 Å². The maximum atomic E-state index is 13.1. The molecule has 174 valence electrons. The highest BCUT2D eigenvalue weighted by molar-refractivity contribution is 14.0. The molecule has 1 N–H and O–H groups in total. The van der Waals surface area contributed by atoms with Gasteiger partial charge in [-0.25, -0.2) is 19.4 Å². The van der Waals surface area contributed by atoms with Crippen molar-refractivity contribution in [2.75, 3.05) is 37.6 Å². The molecule has 0 radical (unpaired) electrons. The molecule has 0 bridgehead atoms. The normalized spacial score (nSPS) is 13.9. The fraction of sp³-hybridized carbons (Fsp3) is 0.292. The topological polar surface area (TPSA) is 65.9 Å². The van der Waals surface area contributed by atoms with Crippen LogP contribution in [0, 0.1) is 5.82 Å². The first-order valence-corrected chi connectivity index (χ1v) is 10.8. The van der Waals surface area contributed by atoms with Crippen LogP contribution in [0.2, 0.25) is 0 Å². The second-order valence-electron chi connectivity index (χ2n) is 7.39. The zero-order valence-electron chi connectivity index (χ0n) is 18.5. The molecule has 4 rings (SSSR count). The van der Waals surface area contributed by atoms with E-state index in [1.807, 2.05) is 36.5 Å². The van der Waals surface area contributed by atoms with Crippen LogP contribution < -0.4 is 15.0 Å². The van der Waals surface area contributed by atoms with Crippen molar-refractivity contribution in [3.8, 4) is 11.6 Å². The lowest BCUT2D eigenvalue weighted by atomic mass is 10.2. The van der Waals surface area contributed by atoms with E-state index in [1.165, 1.54) is 12.1 Å². The summed E-state index contributed by atoms with van der Waals surface area (Å²) in [4.78, 5) is 18.1. The number of piperazine rings is 1. The second-order valence-corrected chi connectivity index (χ2v) is 7.39. The van der Waals surface area contributed by atoms with Gasteiger partial charge in [0.2, 0.25) is 5.88 Å². The summed E-state index contributed by atoms with van der Waals surface area (Å²) < 4.78 is 18.8. The Hall–Kier alpha value is -2.95. The molecule has 9 heteroatoms. The molecule has 0 spiro atoms. The van der Waals surface area contributed by atoms with Crippen LogP contribution in [-0.4, -0.2) is 53.6 Å². The molecule has 7 nitrogen and oxygen atoms in total. The first-order chi connectivity index (χ1) is 15.7. The minimum Gasteiger partial charge on any atom is -0.439 e. The largest absolute Gasteiger partial charge is 0.439 e. The zero-order valence-corrected chi connectivity index (χ0v) is 20.9. The number of aromatic nitrogens is 2. The number of rotatable bonds is 6. The highest BCUT2D eigenvalue weighted by Gasteiger charge is 2.20. The number of anilines is 1. The Kier molecular flexibility index (Phi) is 9.23. The summed E-state index contributed by atoms with van der Waals surface area (Å²) in [7, 11) is 0. The summed E-state index contributed by atoms with van der Waals surface area (Å²) in [6.45, 7) is 6.91. The summed E-state index contributed by atoms with van der Waals surface area (Å²) in [5, 5.41) is 3.40. The molecule has 1 aliphatic rings. The predicted molar refractivity (Wildman–Crippen MR) is 139 cm³/mol. The van der Waals surface area contributed by atoms with Gasteiger partial charge in [0.25, 0.3) is 0 Å². The number of guanidine groups is 1. The standard InChI is InChI=1S/C24H27FN6O.HI/c1-2-26-24(31-15-13-30(14-16-31)22-5-3-4-11-27-22)29-18-19-10-12-28-23(17-19)32-21-8-6-20(25)7-9-21;/h3-12,17H,2,13-16,18H2,1H3,(H,26,29);1H. The van der Waals surface area contributed by atoms with Gasteiger partial charge < -0.3 is 19.9 Å². The van der Waals surface area contributed by atoms with Crippen molar-refractivity contribution in [1.82, 2.24) is 20.2 Å². The summed E-state index contributed by atoms with van der Waals surface area (Å²) in [6.07, 6.45) is 3.53. The first-order valence-electron chi connectivity index (χ1n) is 10.8. The van der Waals surface area contributed by atoms with E-state index in [2.05, 4.69) is 32.0 Å². The lowest BCUT2D eigenvalue weighted by Gasteiger charge is -2.37. The first kappa shape index (κ1) is 24.7. The maximum absolute atomic E-state index is 13.1. The summed E-state index contributed by atoms with van der Waals surface area (Å²) in [6, 6.07) is 15.7. The molecule has 0 aliphatic carbocycles. The smallest absolute Gasteiger partial charge is 0.219 e. The van der Waals surface area contributed by atoms with Gasteiger partial charge in [-0.3, -0.25) is 0 Å². The number of ether oxygens (including phenoxy) is 1. The lowest BCUT2D eigenvalue weighted by Crippen LogP contribution is -2.52. The van der Waals surface area contributed by atoms with E-state index in [0.29, 0.717) is 18.2 Å². The minimum absolute atomic E-state index is 0. The average molecular weight is 562 g/mol. The van der Waals surface area contributed by atoms with Gasteiger partial charge in [0.1, 0.15) is 17.4 Å². The average Bonchev–Trinajstić information content (AvgIpc) is 2.84. The van der Waals surface area contributed by atoms with Crippen LogP contribution >= 0.6 is 24.0 Å². The molecule has 0 saturated carbocycles. The molecule has 3 aromatic rings. The molecule has 0 atom stereocenters. The van der Waals surface area contributed by atoms with Gasteiger partial charge in [0.05, 0.1) is 6.54 Å². The third-order valence-corrected chi connectivity index (χ3v) is 5.13. The molecular formula is C24H28FIN6O. The predicted octanol–water partition coefficient (Wildman–Crippen LogP) is 4.31. The van der Waals surface area contributed by atoms with Crippen molar-refractivity contribution < 1.29 is 9.13 Å². The van der Waals surface area contributed by atoms with Gasteiger partial charge >= 0.3 is 0 Å². The second kappa shape index (κ2) is 12.3. The van der Waals surface area contributed by atoms with Gasteiger partial charge in [0.15, 0.2) is 5.96 Å². The van der Waals surface area contributed by atoms with Crippen LogP contribution in [0.4, 0.5) is 10.2 Å². The molecule has 1 aliphatic heterocycles. The van der Waals surface area contributed by atoms with Gasteiger partial charge in [-0.1, -0.05) is 6.07 Å². The summed E-state index contributed by atoms with van der Waals surface area (Å²) >= 11 is 0. The monoisotopic (exact) mass is 562 g/mol. The third-order valence-electron chi connectivity index (χ3n) is 5.13. The molecule has 0 unspecified atom stereocenters. The van der Waals surface area contributed by atoms with E-state index < -0.39 is 0 Å². The summed E-state index contributed by atoms with van der Waals surface area (Å²) in [5.41, 5.74) is 0.986. The molecule has 2 aromatic heterocycles. The van der Waals surface area contributed by atoms with Crippen LogP contribution in [0.3, 0.4) is 0 Å². The van der Waals surface area contributed by atoms with E-state index in [4.69, 9.17) is 9.73 Å². The Morgan fingerprint density at radius 3 is 2.52 bits per heavy atom. The van der Waals surface area contributed by atoms with E-state index in [-0.39, 0.29) is 29.8 Å². The zero-order chi connectivity index (χ0) is 22.2. The number of hydrogen-bond acceptors (Lipinski definition) is 5. The molecule has 1 fully saturated rings. The summed E-state index contributed by atoms with van der Waals surface area (Å²) in [5.74, 6) is 2.60. The molecule has 1 saturated heterocycles. The van der Waals surface area contributed by atoms with Crippen molar-refractivity contribution in [1.29, 1.82) is 0 Å². The highest BCUT2D eigenvalue weighted by Crippen LogP contribution is 2.20. The molecule has 33 heavy (non-hydrogen) atoms. The highest BCUT2D eigenvalue weighted by atomic mass is 127. The van der Waals surface area contributed by atoms with Crippen molar-refractivity contribution in [3.63, 3.8) is 0 Å². The van der Waals surface area contributed by atoms with Crippen molar-refractivity contribution in [3.05, 3.63) is 78.4 Å². The Morgan fingerprint density at radius 1 is 1.03 bits per heavy atom. The minimum atomic E-state index is -0.301. The number of benzene rings is 1. The van der Waals surface area contributed by atoms with E-state index in [0.717, 1.165) is 50.1 Å². The number of nitrogens with zero attached hydrogens (tertiary/aromatic N) is 5. The molecular weight excluding hydrogens is 534 g/mol. The van der Waals surface area contributed by atoms with E-state index >= 15 is 0 Å². The van der Waals surface area contributed by atoms with Crippen molar-refractivity contribution >= 4 is 35.8 Å². The quantitative estimate of drug-likeness (QED) is 0.275. The lowest BCUT2D eigenvalue weighted by molar-refractivity contribution is 0.371. The van der Waals surface area contributed by atoms with Gasteiger partial charge in [-0.05, 0) is 55.0 Å². The van der Waals surface area contributed by atoms with Crippen molar-refractivity contribution in [2.45, 2.75) is 13.5 Å². The van der Waals surface area contributed by atoms with Crippen LogP contribution in [0.5, 0.6) is 11.6 Å². The van der Waals surface area contributed by atoms with Gasteiger partial charge in [0, 0.05) is 51.2 Å². The van der Waals surface area contributed by atoms with E-state index in [9.17, 15) is 4.39 Å². The van der Waals surface area contributed by atoms with Gasteiger partial charge in [-0.15, -0.1) is 24.0 Å². The number of aliphatic imine (C=N–C) groups is 1. The van der Waals surface area contributed by atoms with Crippen LogP contribution in [-0.2, 0) is 6.54 Å². The number of pyridine rings is 2. The Labute approximate surface area is 210 Å². The van der Waals surface area contributed by atoms with Crippen LogP contribution in [0.1, 0.15) is 12.5 Å². The number of nitrogens with one attached hydrogen (secondary N) is 1. The Balaban J connectivity index is 0.00000306. The number of halogens is 2. The maximum Gasteiger partial charge on any atom is 0.219 e. The SMILES string of the molecule is CCNC(=NCc1ccnc(Oc2ccc(F)cc2)c1)N1CCN(c2ccccn2)CC1.I. The fourth-order valence-corrected chi connectivity index (χ4v) is 3.51. The van der Waals surface area contributed by atoms with E-state index in [1.54, 1.807) is 18.3 Å². The van der Waals surface area contributed by atoms with Crippen LogP contribution in [0.15, 0.2) is 72.0 Å². The Morgan fingerprint density at radius 2 is 1.82 bits per heavy atom. The molecule has 0 amide bonds. The fourth-order valence-electron chi connectivity index (χ4n) is 3.51.